The minimum absolute atomic E-state index is 0.222. The van der Waals surface area contributed by atoms with Crippen LogP contribution in [0.15, 0.2) is 34.9 Å². The normalized spacial score (nSPS) is 10.2. The van der Waals surface area contributed by atoms with Gasteiger partial charge in [0.25, 0.3) is 5.91 Å². The molecule has 2 rings (SSSR count). The molecule has 0 spiro atoms. The maximum Gasteiger partial charge on any atom is 0.273 e. The highest BCUT2D eigenvalue weighted by Gasteiger charge is 2.13. The van der Waals surface area contributed by atoms with Gasteiger partial charge in [0.15, 0.2) is 11.5 Å². The first-order valence-corrected chi connectivity index (χ1v) is 6.14. The molecule has 2 aromatic rings. The molecule has 0 aliphatic rings. The smallest absolute Gasteiger partial charge is 0.273 e. The van der Waals surface area contributed by atoms with Crippen molar-refractivity contribution in [2.75, 3.05) is 13.7 Å². The summed E-state index contributed by atoms with van der Waals surface area (Å²) in [5.41, 5.74) is 1.10. The fourth-order valence-electron chi connectivity index (χ4n) is 1.62. The third-order valence-electron chi connectivity index (χ3n) is 2.63. The van der Waals surface area contributed by atoms with E-state index in [-0.39, 0.29) is 11.6 Å². The third-order valence-corrected chi connectivity index (χ3v) is 2.63. The summed E-state index contributed by atoms with van der Waals surface area (Å²) >= 11 is 0. The van der Waals surface area contributed by atoms with Crippen LogP contribution in [-0.4, -0.2) is 24.7 Å². The van der Waals surface area contributed by atoms with Crippen molar-refractivity contribution >= 4 is 5.91 Å². The zero-order chi connectivity index (χ0) is 13.7. The summed E-state index contributed by atoms with van der Waals surface area (Å²) in [6.45, 7) is 2.62. The minimum Gasteiger partial charge on any atom is -0.497 e. The van der Waals surface area contributed by atoms with Crippen molar-refractivity contribution in [2.45, 2.75) is 13.3 Å². The maximum absolute atomic E-state index is 11.7. The Morgan fingerprint density at radius 3 is 3.00 bits per heavy atom. The van der Waals surface area contributed by atoms with Crippen molar-refractivity contribution in [1.82, 2.24) is 10.5 Å². The first-order valence-electron chi connectivity index (χ1n) is 6.14. The Morgan fingerprint density at radius 2 is 2.26 bits per heavy atom. The molecule has 1 amide bonds. The molecule has 0 fully saturated rings. The van der Waals surface area contributed by atoms with Crippen molar-refractivity contribution in [1.29, 1.82) is 0 Å². The van der Waals surface area contributed by atoms with Gasteiger partial charge in [-0.3, -0.25) is 4.79 Å². The molecule has 0 unspecified atom stereocenters. The Hall–Kier alpha value is -2.30. The molecular weight excluding hydrogens is 244 g/mol. The van der Waals surface area contributed by atoms with E-state index in [0.29, 0.717) is 12.3 Å². The van der Waals surface area contributed by atoms with E-state index < -0.39 is 0 Å². The largest absolute Gasteiger partial charge is 0.497 e. The van der Waals surface area contributed by atoms with Gasteiger partial charge in [-0.1, -0.05) is 24.2 Å². The number of hydrogen-bond donors (Lipinski definition) is 1. The van der Waals surface area contributed by atoms with Gasteiger partial charge in [-0.05, 0) is 18.6 Å². The molecule has 100 valence electrons. The van der Waals surface area contributed by atoms with E-state index in [2.05, 4.69) is 10.5 Å². The standard InChI is InChI=1S/C14H16N2O3/c1-3-7-15-14(17)12-9-13(19-16-12)10-5-4-6-11(8-10)18-2/h4-6,8-9H,3,7H2,1-2H3,(H,15,17). The van der Waals surface area contributed by atoms with Crippen LogP contribution in [0, 0.1) is 0 Å². The molecule has 0 aliphatic carbocycles. The molecular formula is C14H16N2O3. The van der Waals surface area contributed by atoms with Crippen LogP contribution in [0.1, 0.15) is 23.8 Å². The number of nitrogens with one attached hydrogen (secondary N) is 1. The summed E-state index contributed by atoms with van der Waals surface area (Å²) in [6, 6.07) is 9.02. The number of hydrogen-bond acceptors (Lipinski definition) is 4. The number of aromatic nitrogens is 1. The molecule has 0 saturated carbocycles. The highest BCUT2D eigenvalue weighted by molar-refractivity contribution is 5.93. The lowest BCUT2D eigenvalue weighted by Crippen LogP contribution is -2.24. The zero-order valence-electron chi connectivity index (χ0n) is 11.0. The Morgan fingerprint density at radius 1 is 1.42 bits per heavy atom. The van der Waals surface area contributed by atoms with Crippen molar-refractivity contribution in [2.24, 2.45) is 0 Å². The second-order valence-corrected chi connectivity index (χ2v) is 4.06. The quantitative estimate of drug-likeness (QED) is 0.897. The summed E-state index contributed by atoms with van der Waals surface area (Å²) in [7, 11) is 1.60. The topological polar surface area (TPSA) is 64.4 Å². The Balaban J connectivity index is 2.18. The molecule has 1 heterocycles. The number of benzene rings is 1. The highest BCUT2D eigenvalue weighted by Crippen LogP contribution is 2.24. The highest BCUT2D eigenvalue weighted by atomic mass is 16.5. The van der Waals surface area contributed by atoms with Crippen molar-refractivity contribution in [3.8, 4) is 17.1 Å². The van der Waals surface area contributed by atoms with Gasteiger partial charge in [-0.2, -0.15) is 0 Å². The zero-order valence-corrected chi connectivity index (χ0v) is 11.0. The molecule has 0 atom stereocenters. The first-order chi connectivity index (χ1) is 9.24. The minimum atomic E-state index is -0.222. The van der Waals surface area contributed by atoms with Gasteiger partial charge in [0.2, 0.25) is 0 Å². The van der Waals surface area contributed by atoms with Gasteiger partial charge < -0.3 is 14.6 Å². The second kappa shape index (κ2) is 6.04. The molecule has 1 aromatic carbocycles. The van der Waals surface area contributed by atoms with Crippen LogP contribution in [0.4, 0.5) is 0 Å². The second-order valence-electron chi connectivity index (χ2n) is 4.06. The van der Waals surface area contributed by atoms with Crippen LogP contribution in [0.25, 0.3) is 11.3 Å². The SMILES string of the molecule is CCCNC(=O)c1cc(-c2cccc(OC)c2)on1. The van der Waals surface area contributed by atoms with Crippen molar-refractivity contribution < 1.29 is 14.1 Å². The van der Waals surface area contributed by atoms with E-state index in [4.69, 9.17) is 9.26 Å². The molecule has 1 aromatic heterocycles. The van der Waals surface area contributed by atoms with Crippen LogP contribution < -0.4 is 10.1 Å². The fraction of sp³-hybridized carbons (Fsp3) is 0.286. The molecule has 19 heavy (non-hydrogen) atoms. The van der Waals surface area contributed by atoms with Gasteiger partial charge in [0.05, 0.1) is 7.11 Å². The lowest BCUT2D eigenvalue weighted by molar-refractivity contribution is 0.0944. The maximum atomic E-state index is 11.7. The van der Waals surface area contributed by atoms with Crippen LogP contribution in [-0.2, 0) is 0 Å². The lowest BCUT2D eigenvalue weighted by Gasteiger charge is -2.00. The van der Waals surface area contributed by atoms with Crippen LogP contribution in [0.5, 0.6) is 5.75 Å². The first kappa shape index (κ1) is 13.1. The number of rotatable bonds is 5. The van der Waals surface area contributed by atoms with E-state index in [1.165, 1.54) is 0 Å². The number of nitrogens with zero attached hydrogens (tertiary/aromatic N) is 1. The van der Waals surface area contributed by atoms with Gasteiger partial charge in [0, 0.05) is 18.2 Å². The summed E-state index contributed by atoms with van der Waals surface area (Å²) < 4.78 is 10.3. The summed E-state index contributed by atoms with van der Waals surface area (Å²) in [5.74, 6) is 1.05. The predicted molar refractivity (Wildman–Crippen MR) is 71.1 cm³/mol. The van der Waals surface area contributed by atoms with Crippen LogP contribution in [0.3, 0.4) is 0 Å². The molecule has 5 heteroatoms. The number of methoxy groups -OCH3 is 1. The molecule has 0 aliphatic heterocycles. The fourth-order valence-corrected chi connectivity index (χ4v) is 1.62. The van der Waals surface area contributed by atoms with Crippen LogP contribution in [0.2, 0.25) is 0 Å². The van der Waals surface area contributed by atoms with E-state index in [9.17, 15) is 4.79 Å². The average Bonchev–Trinajstić information content (AvgIpc) is 2.94. The molecule has 1 N–H and O–H groups in total. The monoisotopic (exact) mass is 260 g/mol. The number of amides is 1. The van der Waals surface area contributed by atoms with E-state index in [1.54, 1.807) is 13.2 Å². The predicted octanol–water partition coefficient (Wildman–Crippen LogP) is 2.49. The van der Waals surface area contributed by atoms with Gasteiger partial charge in [-0.25, -0.2) is 0 Å². The number of ether oxygens (including phenoxy) is 1. The Bertz CT molecular complexity index is 563. The van der Waals surface area contributed by atoms with E-state index in [1.807, 2.05) is 31.2 Å². The number of carbonyl (C=O) groups excluding carboxylic acids is 1. The van der Waals surface area contributed by atoms with E-state index in [0.717, 1.165) is 17.7 Å². The summed E-state index contributed by atoms with van der Waals surface area (Å²) in [5, 5.41) is 6.52. The Kier molecular flexibility index (Phi) is 4.18. The lowest BCUT2D eigenvalue weighted by atomic mass is 10.1. The number of carbonyl (C=O) groups is 1. The molecule has 5 nitrogen and oxygen atoms in total. The average molecular weight is 260 g/mol. The molecule has 0 saturated heterocycles. The molecule has 0 bridgehead atoms. The Labute approximate surface area is 111 Å². The van der Waals surface area contributed by atoms with Gasteiger partial charge >= 0.3 is 0 Å². The van der Waals surface area contributed by atoms with Gasteiger partial charge in [-0.15, -0.1) is 0 Å². The van der Waals surface area contributed by atoms with Gasteiger partial charge in [0.1, 0.15) is 5.75 Å². The van der Waals surface area contributed by atoms with Crippen molar-refractivity contribution in [3.63, 3.8) is 0 Å². The van der Waals surface area contributed by atoms with E-state index >= 15 is 0 Å². The summed E-state index contributed by atoms with van der Waals surface area (Å²) in [6.07, 6.45) is 0.881. The van der Waals surface area contributed by atoms with Crippen LogP contribution >= 0.6 is 0 Å². The molecule has 0 radical (unpaired) electrons. The third kappa shape index (κ3) is 3.13. The van der Waals surface area contributed by atoms with Crippen molar-refractivity contribution in [3.05, 3.63) is 36.0 Å². The summed E-state index contributed by atoms with van der Waals surface area (Å²) in [4.78, 5) is 11.7.